The van der Waals surface area contributed by atoms with E-state index >= 15 is 0 Å². The standard InChI is InChI=1S/C11H21ClO/c1-3-8-11(13,4-2)9-6-5-7-10-12/h3,13H,1,4-10H2,2H3. The highest BCUT2D eigenvalue weighted by atomic mass is 35.5. The van der Waals surface area contributed by atoms with Crippen molar-refractivity contribution in [2.24, 2.45) is 0 Å². The fraction of sp³-hybridized carbons (Fsp3) is 0.818. The molecule has 0 aliphatic rings. The van der Waals surface area contributed by atoms with Gasteiger partial charge in [0.05, 0.1) is 5.60 Å². The summed E-state index contributed by atoms with van der Waals surface area (Å²) in [5, 5.41) is 10.0. The second kappa shape index (κ2) is 7.40. The van der Waals surface area contributed by atoms with Crippen LogP contribution in [-0.2, 0) is 0 Å². The fourth-order valence-electron chi connectivity index (χ4n) is 1.42. The van der Waals surface area contributed by atoms with Gasteiger partial charge in [0.2, 0.25) is 0 Å². The first-order valence-corrected chi connectivity index (χ1v) is 5.61. The molecule has 2 heteroatoms. The second-order valence-corrected chi connectivity index (χ2v) is 3.95. The number of hydrogen-bond acceptors (Lipinski definition) is 1. The van der Waals surface area contributed by atoms with E-state index in [1.54, 1.807) is 6.08 Å². The quantitative estimate of drug-likeness (QED) is 0.365. The normalized spacial score (nSPS) is 15.3. The average Bonchev–Trinajstić information content (AvgIpc) is 2.13. The SMILES string of the molecule is C=CCC(O)(CC)CCCCCCl. The maximum Gasteiger partial charge on any atom is 0.0679 e. The molecule has 0 rings (SSSR count). The molecule has 0 bridgehead atoms. The van der Waals surface area contributed by atoms with Crippen molar-refractivity contribution < 1.29 is 5.11 Å². The Morgan fingerprint density at radius 2 is 2.08 bits per heavy atom. The molecule has 1 nitrogen and oxygen atoms in total. The van der Waals surface area contributed by atoms with Gasteiger partial charge in [0, 0.05) is 5.88 Å². The first-order valence-electron chi connectivity index (χ1n) is 5.08. The molecule has 0 aliphatic carbocycles. The van der Waals surface area contributed by atoms with Crippen molar-refractivity contribution in [1.82, 2.24) is 0 Å². The minimum atomic E-state index is -0.520. The van der Waals surface area contributed by atoms with Crippen LogP contribution in [0.2, 0.25) is 0 Å². The van der Waals surface area contributed by atoms with E-state index in [2.05, 4.69) is 6.58 Å². The lowest BCUT2D eigenvalue weighted by molar-refractivity contribution is 0.0280. The van der Waals surface area contributed by atoms with Gasteiger partial charge in [0.25, 0.3) is 0 Å². The zero-order chi connectivity index (χ0) is 10.2. The Hall–Kier alpha value is -0.0100. The van der Waals surface area contributed by atoms with Crippen molar-refractivity contribution in [3.05, 3.63) is 12.7 Å². The zero-order valence-corrected chi connectivity index (χ0v) is 9.32. The highest BCUT2D eigenvalue weighted by molar-refractivity contribution is 6.17. The summed E-state index contributed by atoms with van der Waals surface area (Å²) in [5.74, 6) is 0.728. The van der Waals surface area contributed by atoms with Crippen molar-refractivity contribution in [1.29, 1.82) is 0 Å². The van der Waals surface area contributed by atoms with Gasteiger partial charge in [-0.15, -0.1) is 18.2 Å². The van der Waals surface area contributed by atoms with Crippen molar-refractivity contribution in [2.75, 3.05) is 5.88 Å². The minimum Gasteiger partial charge on any atom is -0.390 e. The van der Waals surface area contributed by atoms with Crippen molar-refractivity contribution in [2.45, 2.75) is 51.0 Å². The Labute approximate surface area is 86.8 Å². The molecule has 0 fully saturated rings. The molecular weight excluding hydrogens is 184 g/mol. The van der Waals surface area contributed by atoms with Gasteiger partial charge in [-0.25, -0.2) is 0 Å². The summed E-state index contributed by atoms with van der Waals surface area (Å²) in [4.78, 5) is 0. The monoisotopic (exact) mass is 204 g/mol. The maximum absolute atomic E-state index is 10.0. The number of unbranched alkanes of at least 4 members (excludes halogenated alkanes) is 2. The number of rotatable bonds is 8. The Morgan fingerprint density at radius 3 is 2.54 bits per heavy atom. The van der Waals surface area contributed by atoms with Crippen LogP contribution in [0.25, 0.3) is 0 Å². The third kappa shape index (κ3) is 6.11. The zero-order valence-electron chi connectivity index (χ0n) is 8.56. The third-order valence-corrected chi connectivity index (χ3v) is 2.73. The fourth-order valence-corrected chi connectivity index (χ4v) is 1.61. The van der Waals surface area contributed by atoms with Gasteiger partial charge in [-0.1, -0.05) is 25.8 Å². The number of alkyl halides is 1. The van der Waals surface area contributed by atoms with Crippen LogP contribution in [0.5, 0.6) is 0 Å². The summed E-state index contributed by atoms with van der Waals surface area (Å²) < 4.78 is 0. The van der Waals surface area contributed by atoms with E-state index in [0.717, 1.165) is 38.0 Å². The first kappa shape index (κ1) is 13.0. The molecule has 13 heavy (non-hydrogen) atoms. The van der Waals surface area contributed by atoms with E-state index in [9.17, 15) is 5.11 Å². The van der Waals surface area contributed by atoms with Crippen LogP contribution in [0.15, 0.2) is 12.7 Å². The predicted molar refractivity (Wildman–Crippen MR) is 59.2 cm³/mol. The largest absolute Gasteiger partial charge is 0.390 e. The predicted octanol–water partition coefficient (Wildman–Crippen LogP) is 3.50. The summed E-state index contributed by atoms with van der Waals surface area (Å²) in [6.45, 7) is 5.68. The van der Waals surface area contributed by atoms with Gasteiger partial charge < -0.3 is 5.11 Å². The smallest absolute Gasteiger partial charge is 0.0679 e. The van der Waals surface area contributed by atoms with E-state index < -0.39 is 5.60 Å². The first-order chi connectivity index (χ1) is 6.18. The molecule has 0 aromatic carbocycles. The molecular formula is C11H21ClO. The number of hydrogen-bond donors (Lipinski definition) is 1. The lowest BCUT2D eigenvalue weighted by Crippen LogP contribution is -2.26. The van der Waals surface area contributed by atoms with Crippen LogP contribution in [0, 0.1) is 0 Å². The van der Waals surface area contributed by atoms with Crippen LogP contribution in [0.3, 0.4) is 0 Å². The van der Waals surface area contributed by atoms with Crippen LogP contribution in [-0.4, -0.2) is 16.6 Å². The lowest BCUT2D eigenvalue weighted by Gasteiger charge is -2.25. The van der Waals surface area contributed by atoms with Gasteiger partial charge in [0.15, 0.2) is 0 Å². The summed E-state index contributed by atoms with van der Waals surface area (Å²) >= 11 is 5.57. The van der Waals surface area contributed by atoms with Crippen molar-refractivity contribution in [3.63, 3.8) is 0 Å². The Bertz CT molecular complexity index is 136. The summed E-state index contributed by atoms with van der Waals surface area (Å²) in [5.41, 5.74) is -0.520. The summed E-state index contributed by atoms with van der Waals surface area (Å²) in [7, 11) is 0. The summed E-state index contributed by atoms with van der Waals surface area (Å²) in [6, 6.07) is 0. The molecule has 0 saturated heterocycles. The molecule has 1 atom stereocenters. The lowest BCUT2D eigenvalue weighted by atomic mass is 9.90. The van der Waals surface area contributed by atoms with E-state index in [1.165, 1.54) is 0 Å². The van der Waals surface area contributed by atoms with Gasteiger partial charge in [0.1, 0.15) is 0 Å². The van der Waals surface area contributed by atoms with Gasteiger partial charge in [-0.2, -0.15) is 0 Å². The van der Waals surface area contributed by atoms with Gasteiger partial charge in [-0.3, -0.25) is 0 Å². The molecule has 1 unspecified atom stereocenters. The highest BCUT2D eigenvalue weighted by Gasteiger charge is 2.21. The molecule has 1 N–H and O–H groups in total. The minimum absolute atomic E-state index is 0.520. The molecule has 78 valence electrons. The van der Waals surface area contributed by atoms with Crippen molar-refractivity contribution in [3.8, 4) is 0 Å². The Kier molecular flexibility index (Phi) is 7.39. The van der Waals surface area contributed by atoms with Crippen LogP contribution >= 0.6 is 11.6 Å². The van der Waals surface area contributed by atoms with Gasteiger partial charge in [-0.05, 0) is 25.7 Å². The van der Waals surface area contributed by atoms with E-state index in [4.69, 9.17) is 11.6 Å². The number of aliphatic hydroxyl groups is 1. The molecule has 0 radical (unpaired) electrons. The van der Waals surface area contributed by atoms with Gasteiger partial charge >= 0.3 is 0 Å². The van der Waals surface area contributed by atoms with E-state index in [1.807, 2.05) is 6.92 Å². The molecule has 0 saturated carbocycles. The van der Waals surface area contributed by atoms with Crippen LogP contribution in [0.4, 0.5) is 0 Å². The average molecular weight is 205 g/mol. The van der Waals surface area contributed by atoms with E-state index in [0.29, 0.717) is 6.42 Å². The molecule has 0 aromatic rings. The topological polar surface area (TPSA) is 20.2 Å². The number of halogens is 1. The van der Waals surface area contributed by atoms with Crippen LogP contribution < -0.4 is 0 Å². The van der Waals surface area contributed by atoms with E-state index in [-0.39, 0.29) is 0 Å². The maximum atomic E-state index is 10.0. The highest BCUT2D eigenvalue weighted by Crippen LogP contribution is 2.23. The molecule has 0 amide bonds. The molecule has 0 heterocycles. The molecule has 0 spiro atoms. The van der Waals surface area contributed by atoms with Crippen LogP contribution in [0.1, 0.15) is 45.4 Å². The Morgan fingerprint density at radius 1 is 1.38 bits per heavy atom. The molecule has 0 aromatic heterocycles. The second-order valence-electron chi connectivity index (χ2n) is 3.57. The third-order valence-electron chi connectivity index (χ3n) is 2.46. The summed E-state index contributed by atoms with van der Waals surface area (Å²) in [6.07, 6.45) is 7.39. The molecule has 0 aliphatic heterocycles. The van der Waals surface area contributed by atoms with Crippen molar-refractivity contribution >= 4 is 11.6 Å². The Balaban J connectivity index is 3.63.